The first-order valence-electron chi connectivity index (χ1n) is 11.5. The van der Waals surface area contributed by atoms with Crippen molar-refractivity contribution >= 4 is 57.2 Å². The minimum Gasteiger partial charge on any atom is -0.494 e. The quantitative estimate of drug-likeness (QED) is 0.266. The van der Waals surface area contributed by atoms with Crippen LogP contribution >= 0.6 is 23.4 Å². The Hall–Kier alpha value is -4.04. The number of imidazole rings is 1. The molecule has 0 bridgehead atoms. The van der Waals surface area contributed by atoms with Crippen LogP contribution in [-0.2, 0) is 11.8 Å². The van der Waals surface area contributed by atoms with E-state index in [9.17, 15) is 10.1 Å². The van der Waals surface area contributed by atoms with Crippen LogP contribution in [0.4, 0.5) is 17.1 Å². The van der Waals surface area contributed by atoms with Crippen molar-refractivity contribution in [3.05, 3.63) is 71.7 Å². The third-order valence-electron chi connectivity index (χ3n) is 5.49. The molecule has 0 unspecified atom stereocenters. The molecule has 0 saturated heterocycles. The number of ether oxygens (including phenoxy) is 1. The summed E-state index contributed by atoms with van der Waals surface area (Å²) in [5.41, 5.74) is 2.63. The Morgan fingerprint density at radius 2 is 2.11 bits per heavy atom. The van der Waals surface area contributed by atoms with Crippen LogP contribution in [0.3, 0.4) is 0 Å². The zero-order valence-electron chi connectivity index (χ0n) is 21.3. The van der Waals surface area contributed by atoms with Crippen LogP contribution in [0.25, 0.3) is 10.9 Å². The average molecular weight is 548 g/mol. The maximum atomic E-state index is 12.5. The zero-order chi connectivity index (χ0) is 27.2. The minimum atomic E-state index is -0.295. The van der Waals surface area contributed by atoms with E-state index >= 15 is 0 Å². The number of amides is 1. The molecule has 4 aromatic rings. The molecule has 0 saturated carbocycles. The van der Waals surface area contributed by atoms with Gasteiger partial charge in [-0.3, -0.25) is 9.78 Å². The largest absolute Gasteiger partial charge is 0.494 e. The maximum absolute atomic E-state index is 12.5. The van der Waals surface area contributed by atoms with Crippen LogP contribution in [0.1, 0.15) is 5.56 Å². The number of aromatic nitrogens is 3. The zero-order valence-corrected chi connectivity index (χ0v) is 22.9. The summed E-state index contributed by atoms with van der Waals surface area (Å²) < 4.78 is 7.41. The van der Waals surface area contributed by atoms with Crippen molar-refractivity contribution < 1.29 is 9.53 Å². The number of methoxy groups -OCH3 is 1. The number of benzene rings is 2. The number of pyridine rings is 1. The van der Waals surface area contributed by atoms with Gasteiger partial charge in [0.15, 0.2) is 5.16 Å². The van der Waals surface area contributed by atoms with Gasteiger partial charge < -0.3 is 24.8 Å². The van der Waals surface area contributed by atoms with Gasteiger partial charge in [0.05, 0.1) is 34.6 Å². The van der Waals surface area contributed by atoms with Gasteiger partial charge in [-0.2, -0.15) is 5.26 Å². The Balaban J connectivity index is 1.68. The molecule has 0 atom stereocenters. The molecule has 0 aliphatic rings. The third-order valence-corrected chi connectivity index (χ3v) is 7.06. The van der Waals surface area contributed by atoms with Crippen LogP contribution < -0.4 is 15.4 Å². The summed E-state index contributed by atoms with van der Waals surface area (Å²) >= 11 is 8.05. The lowest BCUT2D eigenvalue weighted by Crippen LogP contribution is -2.13. The number of hydrogen-bond donors (Lipinski definition) is 2. The first kappa shape index (κ1) is 27.0. The number of halogens is 1. The van der Waals surface area contributed by atoms with Gasteiger partial charge >= 0.3 is 0 Å². The highest BCUT2D eigenvalue weighted by Gasteiger charge is 2.16. The van der Waals surface area contributed by atoms with Crippen molar-refractivity contribution in [3.63, 3.8) is 0 Å². The number of nitrogens with zero attached hydrogens (tertiary/aromatic N) is 5. The van der Waals surface area contributed by atoms with Crippen LogP contribution in [-0.4, -0.2) is 53.1 Å². The Morgan fingerprint density at radius 3 is 2.76 bits per heavy atom. The number of carbonyl (C=O) groups excluding carboxylic acids is 1. The van der Waals surface area contributed by atoms with E-state index in [0.717, 1.165) is 10.1 Å². The van der Waals surface area contributed by atoms with Crippen LogP contribution in [0.2, 0.25) is 5.02 Å². The van der Waals surface area contributed by atoms with Crippen molar-refractivity contribution in [2.24, 2.45) is 7.05 Å². The van der Waals surface area contributed by atoms with Gasteiger partial charge in [-0.15, -0.1) is 0 Å². The van der Waals surface area contributed by atoms with Crippen molar-refractivity contribution in [3.8, 4) is 11.8 Å². The van der Waals surface area contributed by atoms with Crippen LogP contribution in [0, 0.1) is 11.3 Å². The first-order chi connectivity index (χ1) is 18.3. The normalized spacial score (nSPS) is 11.2. The predicted octanol–water partition coefficient (Wildman–Crippen LogP) is 5.45. The molecule has 1 amide bonds. The van der Waals surface area contributed by atoms with E-state index in [1.165, 1.54) is 31.1 Å². The van der Waals surface area contributed by atoms with Gasteiger partial charge in [0.25, 0.3) is 0 Å². The standard InChI is InChI=1S/C27H26ClN7O2S/c1-34(2)10-5-6-25(36)33-22-13-19-21(14-23(22)37-4)31-16-17(15-29)26(19)32-18-7-8-24(20(28)12-18)38-27-30-9-11-35(27)3/h5-9,11-14,16H,10H2,1-4H3,(H,31,32)(H,33,36). The fourth-order valence-electron chi connectivity index (χ4n) is 3.61. The number of nitrogens with one attached hydrogen (secondary N) is 2. The topological polar surface area (TPSA) is 108 Å². The Labute approximate surface area is 230 Å². The van der Waals surface area contributed by atoms with E-state index in [1.807, 2.05) is 48.9 Å². The highest BCUT2D eigenvalue weighted by molar-refractivity contribution is 7.99. The highest BCUT2D eigenvalue weighted by atomic mass is 35.5. The summed E-state index contributed by atoms with van der Waals surface area (Å²) in [5, 5.41) is 18.0. The lowest BCUT2D eigenvalue weighted by molar-refractivity contribution is -0.111. The molecule has 0 fully saturated rings. The third kappa shape index (κ3) is 6.26. The van der Waals surface area contributed by atoms with Crippen molar-refractivity contribution in [2.45, 2.75) is 10.1 Å². The molecule has 4 rings (SSSR count). The second-order valence-electron chi connectivity index (χ2n) is 8.58. The Bertz CT molecular complexity index is 1560. The van der Waals surface area contributed by atoms with Crippen molar-refractivity contribution in [1.82, 2.24) is 19.4 Å². The molecule has 0 aliphatic carbocycles. The SMILES string of the molecule is COc1cc2ncc(C#N)c(Nc3ccc(Sc4nccn4C)c(Cl)c3)c2cc1NC(=O)C=CCN(C)C. The molecule has 0 spiro atoms. The molecule has 38 heavy (non-hydrogen) atoms. The fourth-order valence-corrected chi connectivity index (χ4v) is 4.71. The summed E-state index contributed by atoms with van der Waals surface area (Å²) in [7, 11) is 7.28. The summed E-state index contributed by atoms with van der Waals surface area (Å²) in [6, 6.07) is 11.2. The molecule has 2 heterocycles. The number of hydrogen-bond acceptors (Lipinski definition) is 8. The molecule has 0 aliphatic heterocycles. The smallest absolute Gasteiger partial charge is 0.248 e. The molecular formula is C27H26ClN7O2S. The lowest BCUT2D eigenvalue weighted by Gasteiger charge is -2.16. The molecule has 11 heteroatoms. The molecular weight excluding hydrogens is 522 g/mol. The molecule has 9 nitrogen and oxygen atoms in total. The van der Waals surface area contributed by atoms with E-state index in [2.05, 4.69) is 26.7 Å². The molecule has 0 radical (unpaired) electrons. The highest BCUT2D eigenvalue weighted by Crippen LogP contribution is 2.38. The molecule has 2 aromatic carbocycles. The Morgan fingerprint density at radius 1 is 1.29 bits per heavy atom. The summed E-state index contributed by atoms with van der Waals surface area (Å²) in [6.45, 7) is 0.632. The number of carbonyl (C=O) groups is 1. The number of likely N-dealkylation sites (N-methyl/N-ethyl adjacent to an activating group) is 1. The van der Waals surface area contributed by atoms with E-state index in [1.54, 1.807) is 30.5 Å². The van der Waals surface area contributed by atoms with Crippen LogP contribution in [0.15, 0.2) is 71.1 Å². The molecule has 194 valence electrons. The van der Waals surface area contributed by atoms with Gasteiger partial charge in [0.1, 0.15) is 11.8 Å². The average Bonchev–Trinajstić information content (AvgIpc) is 3.29. The van der Waals surface area contributed by atoms with Gasteiger partial charge in [-0.05, 0) is 38.4 Å². The van der Waals surface area contributed by atoms with E-state index in [4.69, 9.17) is 16.3 Å². The first-order valence-corrected chi connectivity index (χ1v) is 12.7. The van der Waals surface area contributed by atoms with E-state index in [0.29, 0.717) is 50.8 Å². The lowest BCUT2D eigenvalue weighted by atomic mass is 10.1. The predicted molar refractivity (Wildman–Crippen MR) is 151 cm³/mol. The molecule has 2 aromatic heterocycles. The number of nitriles is 1. The number of fused-ring (bicyclic) bond motifs is 1. The van der Waals surface area contributed by atoms with Gasteiger partial charge in [-0.1, -0.05) is 29.4 Å². The monoisotopic (exact) mass is 547 g/mol. The van der Waals surface area contributed by atoms with Crippen LogP contribution in [0.5, 0.6) is 5.75 Å². The number of aryl methyl sites for hydroxylation is 1. The summed E-state index contributed by atoms with van der Waals surface area (Å²) in [4.78, 5) is 24.1. The number of rotatable bonds is 9. The summed E-state index contributed by atoms with van der Waals surface area (Å²) in [6.07, 6.45) is 8.34. The number of anilines is 3. The van der Waals surface area contributed by atoms with E-state index in [-0.39, 0.29) is 5.91 Å². The van der Waals surface area contributed by atoms with Crippen molar-refractivity contribution in [2.75, 3.05) is 38.4 Å². The van der Waals surface area contributed by atoms with E-state index < -0.39 is 0 Å². The fraction of sp³-hybridized carbons (Fsp3) is 0.185. The van der Waals surface area contributed by atoms with Gasteiger partial charge in [-0.25, -0.2) is 4.98 Å². The van der Waals surface area contributed by atoms with Gasteiger partial charge in [0.2, 0.25) is 5.91 Å². The van der Waals surface area contributed by atoms with Gasteiger partial charge in [0, 0.05) is 60.3 Å². The maximum Gasteiger partial charge on any atom is 0.248 e. The van der Waals surface area contributed by atoms with Crippen molar-refractivity contribution in [1.29, 1.82) is 5.26 Å². The minimum absolute atomic E-state index is 0.295. The summed E-state index contributed by atoms with van der Waals surface area (Å²) in [5.74, 6) is 0.157. The second kappa shape index (κ2) is 12.0. The second-order valence-corrected chi connectivity index (χ2v) is 9.99. The Kier molecular flexibility index (Phi) is 8.53. The molecule has 2 N–H and O–H groups in total.